The SMILES string of the molecule is Cc1ccc(C)c(S(=O)(=O)NCC2(Sc3ccccc3)CCOCC2)c1. The number of rotatable bonds is 6. The molecular weight excluding hydrogens is 366 g/mol. The van der Waals surface area contributed by atoms with Crippen LogP contribution in [0.4, 0.5) is 0 Å². The van der Waals surface area contributed by atoms with Gasteiger partial charge >= 0.3 is 0 Å². The monoisotopic (exact) mass is 391 g/mol. The average Bonchev–Trinajstić information content (AvgIpc) is 2.64. The lowest BCUT2D eigenvalue weighted by atomic mass is 9.99. The average molecular weight is 392 g/mol. The van der Waals surface area contributed by atoms with Crippen LogP contribution in [0.5, 0.6) is 0 Å². The summed E-state index contributed by atoms with van der Waals surface area (Å²) in [6, 6.07) is 15.7. The second-order valence-corrected chi connectivity index (χ2v) is 10.1. The molecule has 0 radical (unpaired) electrons. The summed E-state index contributed by atoms with van der Waals surface area (Å²) >= 11 is 1.75. The molecule has 1 heterocycles. The van der Waals surface area contributed by atoms with Crippen LogP contribution in [0.15, 0.2) is 58.3 Å². The van der Waals surface area contributed by atoms with Crippen molar-refractivity contribution < 1.29 is 13.2 Å². The van der Waals surface area contributed by atoms with E-state index in [-0.39, 0.29) is 4.75 Å². The van der Waals surface area contributed by atoms with Gasteiger partial charge in [0.15, 0.2) is 0 Å². The van der Waals surface area contributed by atoms with Gasteiger partial charge in [0.25, 0.3) is 0 Å². The second kappa shape index (κ2) is 8.13. The zero-order valence-electron chi connectivity index (χ0n) is 15.2. The largest absolute Gasteiger partial charge is 0.381 e. The highest BCUT2D eigenvalue weighted by atomic mass is 32.2. The topological polar surface area (TPSA) is 55.4 Å². The highest BCUT2D eigenvalue weighted by Gasteiger charge is 2.35. The molecule has 1 aliphatic rings. The Morgan fingerprint density at radius 2 is 1.77 bits per heavy atom. The molecule has 0 aliphatic carbocycles. The Kier molecular flexibility index (Phi) is 6.07. The van der Waals surface area contributed by atoms with Crippen molar-refractivity contribution in [2.24, 2.45) is 0 Å². The van der Waals surface area contributed by atoms with Crippen LogP contribution >= 0.6 is 11.8 Å². The molecule has 1 saturated heterocycles. The quantitative estimate of drug-likeness (QED) is 0.811. The van der Waals surface area contributed by atoms with Crippen LogP contribution in [-0.2, 0) is 14.8 Å². The highest BCUT2D eigenvalue weighted by Crippen LogP contribution is 2.40. The standard InChI is InChI=1S/C20H25NO3S2/c1-16-8-9-17(2)19(14-16)26(22,23)21-15-20(10-12-24-13-11-20)25-18-6-4-3-5-7-18/h3-9,14,21H,10-13,15H2,1-2H3. The smallest absolute Gasteiger partial charge is 0.240 e. The summed E-state index contributed by atoms with van der Waals surface area (Å²) in [5.41, 5.74) is 1.70. The van der Waals surface area contributed by atoms with Gasteiger partial charge in [-0.3, -0.25) is 0 Å². The molecule has 0 bridgehead atoms. The van der Waals surface area contributed by atoms with E-state index in [2.05, 4.69) is 16.9 Å². The minimum atomic E-state index is -3.55. The van der Waals surface area contributed by atoms with E-state index in [1.165, 1.54) is 0 Å². The number of benzene rings is 2. The van der Waals surface area contributed by atoms with Gasteiger partial charge in [0.05, 0.1) is 4.90 Å². The summed E-state index contributed by atoms with van der Waals surface area (Å²) in [7, 11) is -3.55. The van der Waals surface area contributed by atoms with Crippen LogP contribution in [0.2, 0.25) is 0 Å². The maximum absolute atomic E-state index is 12.9. The Bertz CT molecular complexity index is 845. The van der Waals surface area contributed by atoms with Crippen molar-refractivity contribution in [1.82, 2.24) is 4.72 Å². The van der Waals surface area contributed by atoms with Crippen molar-refractivity contribution in [1.29, 1.82) is 0 Å². The third-order valence-electron chi connectivity index (χ3n) is 4.70. The summed E-state index contributed by atoms with van der Waals surface area (Å²) < 4.78 is 34.0. The van der Waals surface area contributed by atoms with Crippen molar-refractivity contribution in [3.8, 4) is 0 Å². The lowest BCUT2D eigenvalue weighted by Gasteiger charge is -2.36. The number of thioether (sulfide) groups is 1. The minimum absolute atomic E-state index is 0.190. The Hall–Kier alpha value is -1.34. The minimum Gasteiger partial charge on any atom is -0.381 e. The van der Waals surface area contributed by atoms with Crippen molar-refractivity contribution in [3.05, 3.63) is 59.7 Å². The lowest BCUT2D eigenvalue weighted by Crippen LogP contribution is -2.44. The van der Waals surface area contributed by atoms with E-state index in [1.807, 2.05) is 44.2 Å². The molecule has 0 aromatic heterocycles. The Morgan fingerprint density at radius 3 is 2.46 bits per heavy atom. The van der Waals surface area contributed by atoms with E-state index in [9.17, 15) is 8.42 Å². The second-order valence-electron chi connectivity index (χ2n) is 6.80. The van der Waals surface area contributed by atoms with E-state index in [1.54, 1.807) is 17.8 Å². The van der Waals surface area contributed by atoms with Crippen LogP contribution in [0.1, 0.15) is 24.0 Å². The fourth-order valence-corrected chi connectivity index (χ4v) is 5.95. The van der Waals surface area contributed by atoms with Gasteiger partial charge in [0, 0.05) is 29.4 Å². The van der Waals surface area contributed by atoms with Gasteiger partial charge in [-0.1, -0.05) is 30.3 Å². The number of aryl methyl sites for hydroxylation is 2. The van der Waals surface area contributed by atoms with Gasteiger partial charge in [0.1, 0.15) is 0 Å². The van der Waals surface area contributed by atoms with E-state index in [0.717, 1.165) is 28.9 Å². The molecule has 3 rings (SSSR count). The first-order valence-electron chi connectivity index (χ1n) is 8.79. The molecule has 1 N–H and O–H groups in total. The molecule has 1 fully saturated rings. The van der Waals surface area contributed by atoms with E-state index in [4.69, 9.17) is 4.74 Å². The molecule has 1 aliphatic heterocycles. The van der Waals surface area contributed by atoms with Crippen molar-refractivity contribution in [2.45, 2.75) is 41.2 Å². The summed E-state index contributed by atoms with van der Waals surface area (Å²) in [6.07, 6.45) is 1.64. The molecule has 140 valence electrons. The fraction of sp³-hybridized carbons (Fsp3) is 0.400. The first-order chi connectivity index (χ1) is 12.4. The summed E-state index contributed by atoms with van der Waals surface area (Å²) in [5, 5.41) is 0. The number of hydrogen-bond donors (Lipinski definition) is 1. The van der Waals surface area contributed by atoms with Crippen molar-refractivity contribution in [2.75, 3.05) is 19.8 Å². The van der Waals surface area contributed by atoms with E-state index < -0.39 is 10.0 Å². The highest BCUT2D eigenvalue weighted by molar-refractivity contribution is 8.00. The summed E-state index contributed by atoms with van der Waals surface area (Å²) in [6.45, 7) is 5.45. The zero-order valence-corrected chi connectivity index (χ0v) is 16.8. The van der Waals surface area contributed by atoms with E-state index >= 15 is 0 Å². The molecule has 4 nitrogen and oxygen atoms in total. The molecule has 0 atom stereocenters. The fourth-order valence-electron chi connectivity index (χ4n) is 3.10. The first-order valence-corrected chi connectivity index (χ1v) is 11.1. The van der Waals surface area contributed by atoms with Crippen LogP contribution < -0.4 is 4.72 Å². The number of sulfonamides is 1. The van der Waals surface area contributed by atoms with Gasteiger partial charge in [-0.2, -0.15) is 0 Å². The molecular formula is C20H25NO3S2. The molecule has 0 unspecified atom stereocenters. The predicted molar refractivity (Wildman–Crippen MR) is 106 cm³/mol. The third kappa shape index (κ3) is 4.68. The van der Waals surface area contributed by atoms with E-state index in [0.29, 0.717) is 24.7 Å². The normalized spacial score (nSPS) is 17.2. The van der Waals surface area contributed by atoms with Crippen LogP contribution in [0.25, 0.3) is 0 Å². The lowest BCUT2D eigenvalue weighted by molar-refractivity contribution is 0.0784. The molecule has 0 spiro atoms. The van der Waals surface area contributed by atoms with Crippen molar-refractivity contribution in [3.63, 3.8) is 0 Å². The van der Waals surface area contributed by atoms with Crippen LogP contribution in [0.3, 0.4) is 0 Å². The van der Waals surface area contributed by atoms with Gasteiger partial charge in [-0.15, -0.1) is 11.8 Å². The third-order valence-corrected chi connectivity index (χ3v) is 7.74. The molecule has 2 aromatic carbocycles. The maximum atomic E-state index is 12.9. The van der Waals surface area contributed by atoms with Gasteiger partial charge in [-0.25, -0.2) is 13.1 Å². The summed E-state index contributed by atoms with van der Waals surface area (Å²) in [5.74, 6) is 0. The van der Waals surface area contributed by atoms with Gasteiger partial charge < -0.3 is 4.74 Å². The molecule has 0 amide bonds. The molecule has 0 saturated carbocycles. The number of ether oxygens (including phenoxy) is 1. The van der Waals surface area contributed by atoms with Crippen LogP contribution in [-0.4, -0.2) is 32.9 Å². The Morgan fingerprint density at radius 1 is 1.08 bits per heavy atom. The predicted octanol–water partition coefficient (Wildman–Crippen LogP) is 3.92. The molecule has 2 aromatic rings. The van der Waals surface area contributed by atoms with Gasteiger partial charge in [0.2, 0.25) is 10.0 Å². The first kappa shape index (κ1) is 19.4. The summed E-state index contributed by atoms with van der Waals surface area (Å²) in [4.78, 5) is 1.52. The van der Waals surface area contributed by atoms with Gasteiger partial charge in [-0.05, 0) is 56.0 Å². The number of hydrogen-bond acceptors (Lipinski definition) is 4. The zero-order chi connectivity index (χ0) is 18.6. The van der Waals surface area contributed by atoms with Crippen molar-refractivity contribution >= 4 is 21.8 Å². The molecule has 6 heteroatoms. The number of nitrogens with one attached hydrogen (secondary N) is 1. The Labute approximate surface area is 160 Å². The molecule has 26 heavy (non-hydrogen) atoms. The maximum Gasteiger partial charge on any atom is 0.240 e. The Balaban J connectivity index is 1.80. The van der Waals surface area contributed by atoms with Crippen LogP contribution in [0, 0.1) is 13.8 Å².